The number of amides is 2. The quantitative estimate of drug-likeness (QED) is 0.741. The first-order valence-electron chi connectivity index (χ1n) is 9.90. The molecule has 7 nitrogen and oxygen atoms in total. The van der Waals surface area contributed by atoms with Gasteiger partial charge in [-0.25, -0.2) is 4.98 Å². The highest BCUT2D eigenvalue weighted by molar-refractivity contribution is 7.07. The molecule has 2 aliphatic rings. The Morgan fingerprint density at radius 1 is 1.29 bits per heavy atom. The largest absolute Gasteiger partial charge is 0.337 e. The molecule has 4 heterocycles. The van der Waals surface area contributed by atoms with Gasteiger partial charge in [0.25, 0.3) is 0 Å². The van der Waals surface area contributed by atoms with Crippen molar-refractivity contribution in [2.75, 3.05) is 13.1 Å². The summed E-state index contributed by atoms with van der Waals surface area (Å²) in [6.45, 7) is 5.48. The van der Waals surface area contributed by atoms with Crippen molar-refractivity contribution in [2.24, 2.45) is 7.05 Å². The summed E-state index contributed by atoms with van der Waals surface area (Å²) in [4.78, 5) is 33.7. The molecule has 2 saturated heterocycles. The molecule has 4 rings (SSSR count). The van der Waals surface area contributed by atoms with Gasteiger partial charge in [0.15, 0.2) is 0 Å². The van der Waals surface area contributed by atoms with E-state index < -0.39 is 0 Å². The van der Waals surface area contributed by atoms with Crippen LogP contribution in [0.2, 0.25) is 0 Å². The lowest BCUT2D eigenvalue weighted by Gasteiger charge is -2.25. The molecular weight excluding hydrogens is 374 g/mol. The summed E-state index contributed by atoms with van der Waals surface area (Å²) in [6, 6.07) is 0.198. The maximum atomic E-state index is 12.9. The van der Waals surface area contributed by atoms with Crippen molar-refractivity contribution >= 4 is 23.2 Å². The normalized spacial score (nSPS) is 21.6. The standard InChI is InChI=1S/C20H27N5O2S/c1-13-16(14(2)23(3)22-13)4-5-19(26)25-9-7-17-18(25)10-20(27)24(17)8-6-15-11-28-12-21-15/h11-12,17-18H,4-10H2,1-3H3/t17-,18-/m0/s1. The first-order valence-corrected chi connectivity index (χ1v) is 10.8. The van der Waals surface area contributed by atoms with Gasteiger partial charge in [0, 0.05) is 50.5 Å². The van der Waals surface area contributed by atoms with Crippen LogP contribution in [0.25, 0.3) is 0 Å². The van der Waals surface area contributed by atoms with Crippen molar-refractivity contribution in [1.29, 1.82) is 0 Å². The van der Waals surface area contributed by atoms with Crippen molar-refractivity contribution in [1.82, 2.24) is 24.6 Å². The van der Waals surface area contributed by atoms with Gasteiger partial charge in [-0.05, 0) is 32.3 Å². The molecule has 2 aliphatic heterocycles. The van der Waals surface area contributed by atoms with E-state index in [1.807, 2.05) is 46.3 Å². The molecule has 2 amide bonds. The molecule has 2 atom stereocenters. The number of hydrogen-bond donors (Lipinski definition) is 0. The number of carbonyl (C=O) groups excluding carboxylic acids is 2. The van der Waals surface area contributed by atoms with Crippen LogP contribution in [0.3, 0.4) is 0 Å². The monoisotopic (exact) mass is 401 g/mol. The van der Waals surface area contributed by atoms with Gasteiger partial charge in [-0.1, -0.05) is 0 Å². The van der Waals surface area contributed by atoms with Gasteiger partial charge < -0.3 is 9.80 Å². The number of aryl methyl sites for hydroxylation is 2. The van der Waals surface area contributed by atoms with Gasteiger partial charge in [-0.2, -0.15) is 5.10 Å². The van der Waals surface area contributed by atoms with E-state index in [1.54, 1.807) is 11.3 Å². The Morgan fingerprint density at radius 2 is 2.11 bits per heavy atom. The lowest BCUT2D eigenvalue weighted by molar-refractivity contribution is -0.132. The minimum Gasteiger partial charge on any atom is -0.337 e. The van der Waals surface area contributed by atoms with Crippen LogP contribution in [0.4, 0.5) is 0 Å². The van der Waals surface area contributed by atoms with E-state index in [1.165, 1.54) is 5.56 Å². The fourth-order valence-corrected chi connectivity index (χ4v) is 5.27. The van der Waals surface area contributed by atoms with E-state index >= 15 is 0 Å². The van der Waals surface area contributed by atoms with Crippen molar-refractivity contribution in [2.45, 2.75) is 58.0 Å². The predicted octanol–water partition coefficient (Wildman–Crippen LogP) is 1.87. The fraction of sp³-hybridized carbons (Fsp3) is 0.600. The molecule has 2 fully saturated rings. The van der Waals surface area contributed by atoms with Gasteiger partial charge in [0.05, 0.1) is 29.0 Å². The Labute approximate surface area is 169 Å². The van der Waals surface area contributed by atoms with Crippen LogP contribution in [0.5, 0.6) is 0 Å². The van der Waals surface area contributed by atoms with Crippen molar-refractivity contribution < 1.29 is 9.59 Å². The topological polar surface area (TPSA) is 71.3 Å². The molecule has 0 aromatic carbocycles. The second-order valence-electron chi connectivity index (χ2n) is 7.80. The highest BCUT2D eigenvalue weighted by Gasteiger charge is 2.47. The number of rotatable bonds is 6. The minimum atomic E-state index is 0.0338. The SMILES string of the molecule is Cc1nn(C)c(C)c1CCC(=O)N1CC[C@H]2[C@@H]1CC(=O)N2CCc1cscn1. The average Bonchev–Trinajstić information content (AvgIpc) is 3.40. The lowest BCUT2D eigenvalue weighted by Crippen LogP contribution is -2.40. The van der Waals surface area contributed by atoms with E-state index in [2.05, 4.69) is 10.1 Å². The maximum absolute atomic E-state index is 12.9. The molecular formula is C20H27N5O2S. The highest BCUT2D eigenvalue weighted by atomic mass is 32.1. The molecule has 0 saturated carbocycles. The summed E-state index contributed by atoms with van der Waals surface area (Å²) in [5.74, 6) is 0.325. The summed E-state index contributed by atoms with van der Waals surface area (Å²) in [5, 5.41) is 6.47. The van der Waals surface area contributed by atoms with E-state index in [4.69, 9.17) is 0 Å². The van der Waals surface area contributed by atoms with Crippen molar-refractivity contribution in [3.05, 3.63) is 33.5 Å². The Hall–Kier alpha value is -2.22. The number of aromatic nitrogens is 3. The Morgan fingerprint density at radius 3 is 2.79 bits per heavy atom. The Bertz CT molecular complexity index is 876. The van der Waals surface area contributed by atoms with E-state index in [0.29, 0.717) is 25.8 Å². The van der Waals surface area contributed by atoms with Crippen LogP contribution >= 0.6 is 11.3 Å². The summed E-state index contributed by atoms with van der Waals surface area (Å²) in [5.41, 5.74) is 6.14. The number of fused-ring (bicyclic) bond motifs is 1. The maximum Gasteiger partial charge on any atom is 0.225 e. The molecule has 28 heavy (non-hydrogen) atoms. The third kappa shape index (κ3) is 3.45. The highest BCUT2D eigenvalue weighted by Crippen LogP contribution is 2.33. The van der Waals surface area contributed by atoms with Crippen LogP contribution in [0.1, 0.15) is 41.9 Å². The van der Waals surface area contributed by atoms with Crippen LogP contribution < -0.4 is 0 Å². The summed E-state index contributed by atoms with van der Waals surface area (Å²) in [7, 11) is 1.93. The zero-order valence-corrected chi connectivity index (χ0v) is 17.5. The van der Waals surface area contributed by atoms with Crippen LogP contribution in [0.15, 0.2) is 10.9 Å². The first kappa shape index (κ1) is 19.1. The predicted molar refractivity (Wildman–Crippen MR) is 107 cm³/mol. The number of nitrogens with zero attached hydrogens (tertiary/aromatic N) is 5. The van der Waals surface area contributed by atoms with Gasteiger partial charge in [-0.3, -0.25) is 14.3 Å². The Balaban J connectivity index is 1.36. The third-order valence-corrected chi connectivity index (χ3v) is 6.91. The van der Waals surface area contributed by atoms with Crippen molar-refractivity contribution in [3.63, 3.8) is 0 Å². The lowest BCUT2D eigenvalue weighted by atomic mass is 10.1. The van der Waals surface area contributed by atoms with E-state index in [0.717, 1.165) is 36.5 Å². The number of thiazole rings is 1. The number of hydrogen-bond acceptors (Lipinski definition) is 5. The second-order valence-corrected chi connectivity index (χ2v) is 8.52. The number of carbonyl (C=O) groups is 2. The van der Waals surface area contributed by atoms with Gasteiger partial charge >= 0.3 is 0 Å². The molecule has 0 radical (unpaired) electrons. The fourth-order valence-electron chi connectivity index (χ4n) is 4.68. The Kier molecular flexibility index (Phi) is 5.23. The number of likely N-dealkylation sites (tertiary alicyclic amines) is 2. The van der Waals surface area contributed by atoms with Gasteiger partial charge in [-0.15, -0.1) is 11.3 Å². The molecule has 2 aromatic heterocycles. The van der Waals surface area contributed by atoms with Crippen molar-refractivity contribution in [3.8, 4) is 0 Å². The van der Waals surface area contributed by atoms with Crippen LogP contribution in [0, 0.1) is 13.8 Å². The zero-order valence-electron chi connectivity index (χ0n) is 16.7. The van der Waals surface area contributed by atoms with Crippen LogP contribution in [-0.2, 0) is 29.5 Å². The molecule has 0 N–H and O–H groups in total. The van der Waals surface area contributed by atoms with E-state index in [-0.39, 0.29) is 23.9 Å². The summed E-state index contributed by atoms with van der Waals surface area (Å²) < 4.78 is 1.87. The third-order valence-electron chi connectivity index (χ3n) is 6.28. The second kappa shape index (κ2) is 7.66. The molecule has 0 spiro atoms. The smallest absolute Gasteiger partial charge is 0.225 e. The summed E-state index contributed by atoms with van der Waals surface area (Å²) >= 11 is 1.58. The molecule has 0 unspecified atom stereocenters. The minimum absolute atomic E-state index is 0.0338. The van der Waals surface area contributed by atoms with E-state index in [9.17, 15) is 9.59 Å². The van der Waals surface area contributed by atoms with Gasteiger partial charge in [0.1, 0.15) is 0 Å². The van der Waals surface area contributed by atoms with Gasteiger partial charge in [0.2, 0.25) is 11.8 Å². The molecule has 0 aliphatic carbocycles. The molecule has 2 aromatic rings. The molecule has 150 valence electrons. The average molecular weight is 402 g/mol. The summed E-state index contributed by atoms with van der Waals surface area (Å²) in [6.07, 6.45) is 3.30. The first-order chi connectivity index (χ1) is 13.5. The molecule has 8 heteroatoms. The zero-order chi connectivity index (χ0) is 19.8. The van der Waals surface area contributed by atoms with Crippen LogP contribution in [-0.4, -0.2) is 61.6 Å². The molecule has 0 bridgehead atoms.